The van der Waals surface area contributed by atoms with Crippen molar-refractivity contribution in [3.8, 4) is 46.0 Å². The molecule has 0 atom stereocenters. The monoisotopic (exact) mass is 1680 g/mol. The first-order valence-corrected chi connectivity index (χ1v) is 34.1. The Balaban J connectivity index is 0.000000355. The maximum absolute atomic E-state index is 15.0. The van der Waals surface area contributed by atoms with E-state index in [1.807, 2.05) is 31.4 Å². The fourth-order valence-corrected chi connectivity index (χ4v) is 12.2. The second-order valence-electron chi connectivity index (χ2n) is 25.7. The van der Waals surface area contributed by atoms with E-state index in [9.17, 15) is 123 Å². The molecule has 0 saturated carbocycles. The number of hydrogen-bond donors (Lipinski definition) is 9. The van der Waals surface area contributed by atoms with Crippen molar-refractivity contribution in [2.45, 2.75) is 101 Å². The van der Waals surface area contributed by atoms with Gasteiger partial charge in [0.15, 0.2) is 5.78 Å². The molecule has 9 rings (SSSR count). The van der Waals surface area contributed by atoms with Crippen molar-refractivity contribution >= 4 is 93.6 Å². The van der Waals surface area contributed by atoms with E-state index < -0.39 is 191 Å². The summed E-state index contributed by atoms with van der Waals surface area (Å²) < 4.78 is 292. The molecule has 9 aromatic rings. The van der Waals surface area contributed by atoms with E-state index in [0.717, 1.165) is 51.8 Å². The van der Waals surface area contributed by atoms with E-state index >= 15 is 0 Å². The van der Waals surface area contributed by atoms with Crippen LogP contribution < -0.4 is 50.6 Å². The molecule has 119 heavy (non-hydrogen) atoms. The average molecular weight is 1680 g/mol. The third-order valence-corrected chi connectivity index (χ3v) is 17.6. The number of nitrogens with one attached hydrogen (secondary N) is 6. The topological polar surface area (TPSA) is 281 Å². The summed E-state index contributed by atoms with van der Waals surface area (Å²) >= 11 is 0. The fourth-order valence-electron chi connectivity index (χ4n) is 12.2. The molecule has 6 radical (unpaired) electrons. The summed E-state index contributed by atoms with van der Waals surface area (Å²) in [7, 11) is 16.6. The Labute approximate surface area is 667 Å². The molecule has 20 nitrogen and oxygen atoms in total. The Morgan fingerprint density at radius 2 is 0.622 bits per heavy atom. The number of phenolic OH excluding ortho intramolecular Hbond substituents is 3. The zero-order valence-electron chi connectivity index (χ0n) is 62.5. The zero-order chi connectivity index (χ0) is 89.1. The van der Waals surface area contributed by atoms with Crippen LogP contribution in [0.25, 0.3) is 0 Å². The van der Waals surface area contributed by atoms with Crippen LogP contribution in [0, 0.1) is 0 Å². The first-order valence-electron chi connectivity index (χ1n) is 34.1. The van der Waals surface area contributed by atoms with Gasteiger partial charge in [-0.15, -0.1) is 0 Å². The molecular formula is C78H63B3F18N6O14. The van der Waals surface area contributed by atoms with Gasteiger partial charge < -0.3 is 70.7 Å². The van der Waals surface area contributed by atoms with Crippen molar-refractivity contribution in [1.29, 1.82) is 0 Å². The molecule has 41 heteroatoms. The van der Waals surface area contributed by atoms with Crippen LogP contribution in [-0.2, 0) is 30.6 Å². The van der Waals surface area contributed by atoms with Crippen LogP contribution in [0.2, 0.25) is 0 Å². The van der Waals surface area contributed by atoms with Gasteiger partial charge in [-0.1, -0.05) is 48.5 Å². The molecule has 624 valence electrons. The molecule has 0 unspecified atom stereocenters. The number of Topliss-reactive ketones (excluding diaryl/α,β-unsaturated/α-hetero) is 1. The molecule has 0 aliphatic carbocycles. The third kappa shape index (κ3) is 20.1. The van der Waals surface area contributed by atoms with Crippen LogP contribution in [0.1, 0.15) is 116 Å². The first-order chi connectivity index (χ1) is 55.3. The highest BCUT2D eigenvalue weighted by Crippen LogP contribution is 2.61. The lowest BCUT2D eigenvalue weighted by atomic mass is 9.72. The summed E-state index contributed by atoms with van der Waals surface area (Å²) in [5, 5.41) is 43.2. The Bertz CT molecular complexity index is 5160. The second-order valence-corrected chi connectivity index (χ2v) is 25.7. The Kier molecular flexibility index (Phi) is 28.9. The molecule has 0 spiro atoms. The number of halogens is 18. The summed E-state index contributed by atoms with van der Waals surface area (Å²) in [4.78, 5) is 74.2. The number of carbonyl (C=O) groups is 6. The van der Waals surface area contributed by atoms with Gasteiger partial charge in [-0.2, -0.15) is 79.0 Å². The van der Waals surface area contributed by atoms with Crippen molar-refractivity contribution in [3.63, 3.8) is 0 Å². The van der Waals surface area contributed by atoms with Gasteiger partial charge in [0.1, 0.15) is 46.0 Å². The van der Waals surface area contributed by atoms with Gasteiger partial charge in [0, 0.05) is 49.8 Å². The number of amides is 5. The van der Waals surface area contributed by atoms with Crippen LogP contribution >= 0.6 is 0 Å². The van der Waals surface area contributed by atoms with Crippen LogP contribution in [0.15, 0.2) is 182 Å². The minimum atomic E-state index is -6.14. The summed E-state index contributed by atoms with van der Waals surface area (Å²) in [6, 6.07) is 23.2. The van der Waals surface area contributed by atoms with Gasteiger partial charge in [-0.05, 0) is 195 Å². The maximum atomic E-state index is 15.0. The average Bonchev–Trinajstić information content (AvgIpc) is 0.722. The zero-order valence-corrected chi connectivity index (χ0v) is 62.5. The van der Waals surface area contributed by atoms with Crippen molar-refractivity contribution in [2.24, 2.45) is 0 Å². The lowest BCUT2D eigenvalue weighted by molar-refractivity contribution is -0.290. The van der Waals surface area contributed by atoms with Crippen LogP contribution in [0.4, 0.5) is 113 Å². The number of rotatable bonds is 23. The first kappa shape index (κ1) is 93.5. The van der Waals surface area contributed by atoms with Gasteiger partial charge in [-0.25, -0.2) is 0 Å². The maximum Gasteiger partial charge on any atom is 0.411 e. The number of carbonyl (C=O) groups excluding carboxylic acids is 6. The van der Waals surface area contributed by atoms with Gasteiger partial charge in [0.25, 0.3) is 17.7 Å². The summed E-state index contributed by atoms with van der Waals surface area (Å²) in [6.07, 6.45) is -36.1. The number of aromatic hydroxyl groups is 3. The third-order valence-electron chi connectivity index (χ3n) is 17.6. The van der Waals surface area contributed by atoms with Crippen molar-refractivity contribution in [2.75, 3.05) is 45.6 Å². The number of anilines is 6. The largest absolute Gasteiger partial charge is 0.566 e. The number of ether oxygens (including phenoxy) is 2. The summed E-state index contributed by atoms with van der Waals surface area (Å²) in [5.41, 5.74) is -27.2. The van der Waals surface area contributed by atoms with Crippen LogP contribution in [0.5, 0.6) is 46.0 Å². The lowest BCUT2D eigenvalue weighted by Crippen LogP contribution is -2.54. The second kappa shape index (κ2) is 36.9. The molecule has 0 fully saturated rings. The normalized spacial score (nSPS) is 12.1. The highest BCUT2D eigenvalue weighted by atomic mass is 19.4. The van der Waals surface area contributed by atoms with E-state index in [2.05, 4.69) is 35.2 Å². The highest BCUT2D eigenvalue weighted by Gasteiger charge is 2.75. The Morgan fingerprint density at radius 3 is 0.908 bits per heavy atom. The minimum absolute atomic E-state index is 0.0123. The predicted molar refractivity (Wildman–Crippen MR) is 400 cm³/mol. The van der Waals surface area contributed by atoms with Crippen molar-refractivity contribution in [3.05, 3.63) is 238 Å². The predicted octanol–water partition coefficient (Wildman–Crippen LogP) is 18.3. The molecule has 0 aliphatic rings. The number of hydrogen-bond acceptors (Lipinski definition) is 15. The Hall–Kier alpha value is -12.7. The van der Waals surface area contributed by atoms with Crippen molar-refractivity contribution in [1.82, 2.24) is 0 Å². The van der Waals surface area contributed by atoms with Crippen molar-refractivity contribution < 1.29 is 147 Å². The molecule has 0 saturated heterocycles. The molecule has 0 heterocycles. The van der Waals surface area contributed by atoms with E-state index in [0.29, 0.717) is 109 Å². The van der Waals surface area contributed by atoms with Crippen LogP contribution in [-0.4, -0.2) is 132 Å². The lowest BCUT2D eigenvalue weighted by Gasteiger charge is -2.38. The number of alkyl halides is 18. The van der Waals surface area contributed by atoms with E-state index in [-0.39, 0.29) is 39.8 Å². The molecular weight excluding hydrogens is 1620 g/mol. The molecule has 9 aromatic carbocycles. The fraction of sp³-hybridized carbons (Fsp3) is 0.231. The highest BCUT2D eigenvalue weighted by molar-refractivity contribution is 6.09. The number of phenols is 3. The van der Waals surface area contributed by atoms with Gasteiger partial charge in [0.2, 0.25) is 28.1 Å². The van der Waals surface area contributed by atoms with Gasteiger partial charge in [0.05, 0.1) is 40.2 Å². The minimum Gasteiger partial charge on any atom is -0.566 e. The Morgan fingerprint density at radius 1 is 0.353 bits per heavy atom. The molecule has 0 aliphatic heterocycles. The molecule has 5 amide bonds. The van der Waals surface area contributed by atoms with E-state index in [1.165, 1.54) is 55.5 Å². The van der Waals surface area contributed by atoms with Crippen LogP contribution in [0.3, 0.4) is 0 Å². The van der Waals surface area contributed by atoms with E-state index in [1.54, 1.807) is 0 Å². The van der Waals surface area contributed by atoms with E-state index in [4.69, 9.17) is 33.6 Å². The summed E-state index contributed by atoms with van der Waals surface area (Å²) in [5.74, 6) is -9.14. The number of ketones is 1. The molecule has 0 bridgehead atoms. The van der Waals surface area contributed by atoms with Gasteiger partial charge >= 0.3 is 61.2 Å². The molecule has 9 N–H and O–H groups in total. The quantitative estimate of drug-likeness (QED) is 0.0125. The SMILES string of the molecule is CCOC(C)C.[B]Oc1ccc(C(c2ccc(O)c(NC(=O)c3ccc(Oc4ccc(C(=O)Nc5cc(C(c6ccc(O)c(NC)c6)(C(F)(F)F)C(F)(F)F)ccc5O[B])cc4)cc3)c2)(C(F)(F)F)C(F)(F)F)cc1NC(C)=O.[B]Oc1ccc(C(c2ccc(O)c(NC(C)=O)c2)(C(F)(F)F)C(F)(F)F)cc1NC(=O)c1cccc(C(C)=O)c1. The summed E-state index contributed by atoms with van der Waals surface area (Å²) in [6.45, 7) is 9.99. The molecule has 0 aromatic heterocycles. The van der Waals surface area contributed by atoms with Gasteiger partial charge in [-0.3, -0.25) is 28.8 Å². The standard InChI is InChI=1S/C47H32B2F12N4O8.C26H19BF6N2O5.C5H12O/c1-23(66)63-34-21-28(9-17-38(34)72-48)43(46(56,57)58,47(59,60)61)27-8-16-37(68)33(20-27)64-40(69)24-3-11-30(12-4-24)71-31-13-5-25(6-14-31)41(70)65-35-22-29(10-18-39(35)73-49)42(44(50,51)52,45(53,54)55)26-7-15-36(67)32(19-26)62-2;1-13(36)15-4-3-5-16(10-15)23(39)35-20-12-18(7-9-22(20)40-27)24(25(28,29)30,26(31,32)33)17-6-8-21(38)19(11-17)34-14(2)37;1-4-6-5(2)3/h3-22,62,67-68H,1-2H3,(H,63,66)(H,64,69)(H,65,70);3-12,38H,1-2H3,(H,34,37)(H,35,39);5H,4H2,1-3H3. The smallest absolute Gasteiger partial charge is 0.411 e. The number of benzene rings is 9.